The molecular formula is C27H48O11S2. The van der Waals surface area contributed by atoms with E-state index in [4.69, 9.17) is 8.37 Å². The summed E-state index contributed by atoms with van der Waals surface area (Å²) in [4.78, 5) is 0. The third-order valence-corrected chi connectivity index (χ3v) is 12.4. The summed E-state index contributed by atoms with van der Waals surface area (Å²) in [5.74, 6) is -0.455. The monoisotopic (exact) mass is 612 g/mol. The molecule has 4 saturated carbocycles. The summed E-state index contributed by atoms with van der Waals surface area (Å²) in [7, 11) is -9.35. The minimum Gasteiger partial charge on any atom is -0.390 e. The molecule has 0 saturated heterocycles. The van der Waals surface area contributed by atoms with Gasteiger partial charge in [-0.1, -0.05) is 40.5 Å². The van der Waals surface area contributed by atoms with Crippen molar-refractivity contribution in [3.05, 3.63) is 0 Å². The Morgan fingerprint density at radius 1 is 0.850 bits per heavy atom. The number of fused-ring (bicyclic) bond motifs is 5. The molecule has 0 spiro atoms. The molecular weight excluding hydrogens is 564 g/mol. The van der Waals surface area contributed by atoms with Gasteiger partial charge in [-0.3, -0.25) is 9.11 Å². The van der Waals surface area contributed by atoms with Crippen molar-refractivity contribution in [2.24, 2.45) is 52.3 Å². The van der Waals surface area contributed by atoms with E-state index < -0.39 is 56.0 Å². The lowest BCUT2D eigenvalue weighted by atomic mass is 9.42. The minimum atomic E-state index is -4.73. The lowest BCUT2D eigenvalue weighted by Gasteiger charge is -2.64. The van der Waals surface area contributed by atoms with Crippen LogP contribution in [0.5, 0.6) is 0 Å². The summed E-state index contributed by atoms with van der Waals surface area (Å²) in [6.07, 6.45) is 1.56. The number of hydrogen-bond donors (Lipinski definition) is 5. The van der Waals surface area contributed by atoms with Gasteiger partial charge in [0.1, 0.15) is 6.10 Å². The molecule has 5 N–H and O–H groups in total. The highest BCUT2D eigenvalue weighted by atomic mass is 32.3. The first kappa shape index (κ1) is 32.5. The zero-order valence-electron chi connectivity index (χ0n) is 23.9. The fraction of sp³-hybridized carbons (Fsp3) is 1.00. The molecule has 4 aliphatic carbocycles. The third-order valence-electron chi connectivity index (χ3n) is 11.5. The van der Waals surface area contributed by atoms with Gasteiger partial charge in [0.2, 0.25) is 0 Å². The third kappa shape index (κ3) is 6.14. The van der Waals surface area contributed by atoms with E-state index in [2.05, 4.69) is 13.8 Å². The van der Waals surface area contributed by atoms with Gasteiger partial charge in [-0.2, -0.15) is 16.8 Å². The predicted molar refractivity (Wildman–Crippen MR) is 145 cm³/mol. The molecule has 0 radical (unpaired) electrons. The van der Waals surface area contributed by atoms with E-state index in [9.17, 15) is 41.3 Å². The quantitative estimate of drug-likeness (QED) is 0.228. The van der Waals surface area contributed by atoms with Gasteiger partial charge in [0.25, 0.3) is 0 Å². The molecule has 4 rings (SSSR count). The number of rotatable bonds is 10. The van der Waals surface area contributed by atoms with Gasteiger partial charge < -0.3 is 15.3 Å². The highest BCUT2D eigenvalue weighted by Gasteiger charge is 2.68. The molecule has 0 aromatic carbocycles. The van der Waals surface area contributed by atoms with Crippen molar-refractivity contribution in [2.75, 3.05) is 6.61 Å². The lowest BCUT2D eigenvalue weighted by molar-refractivity contribution is -0.244. The van der Waals surface area contributed by atoms with Gasteiger partial charge in [-0.25, -0.2) is 8.37 Å². The predicted octanol–water partition coefficient (Wildman–Crippen LogP) is 3.01. The maximum absolute atomic E-state index is 11.8. The summed E-state index contributed by atoms with van der Waals surface area (Å²) in [6.45, 7) is 8.06. The largest absolute Gasteiger partial charge is 0.397 e. The normalized spacial score (nSPS) is 44.6. The van der Waals surface area contributed by atoms with E-state index in [-0.39, 0.29) is 48.5 Å². The van der Waals surface area contributed by atoms with Crippen molar-refractivity contribution < 1.29 is 49.6 Å². The van der Waals surface area contributed by atoms with Crippen molar-refractivity contribution >= 4 is 20.8 Å². The molecule has 11 nitrogen and oxygen atoms in total. The molecule has 4 fully saturated rings. The molecule has 234 valence electrons. The van der Waals surface area contributed by atoms with Crippen LogP contribution in [0.15, 0.2) is 0 Å². The second-order valence-electron chi connectivity index (χ2n) is 13.9. The fourth-order valence-electron chi connectivity index (χ4n) is 9.81. The van der Waals surface area contributed by atoms with Crippen molar-refractivity contribution in [1.82, 2.24) is 0 Å². The molecule has 0 heterocycles. The average Bonchev–Trinajstić information content (AvgIpc) is 3.18. The van der Waals surface area contributed by atoms with E-state index in [0.717, 1.165) is 25.7 Å². The summed E-state index contributed by atoms with van der Waals surface area (Å²) in [5, 5.41) is 34.7. The molecule has 13 heteroatoms. The minimum absolute atomic E-state index is 0.0553. The van der Waals surface area contributed by atoms with Crippen molar-refractivity contribution in [2.45, 2.75) is 110 Å². The first-order valence-corrected chi connectivity index (χ1v) is 17.4. The number of hydrogen-bond acceptors (Lipinski definition) is 9. The van der Waals surface area contributed by atoms with Crippen LogP contribution in [-0.2, 0) is 29.2 Å². The Balaban J connectivity index is 1.60. The maximum Gasteiger partial charge on any atom is 0.397 e. The zero-order chi connectivity index (χ0) is 29.8. The molecule has 4 aliphatic rings. The highest BCUT2D eigenvalue weighted by molar-refractivity contribution is 7.81. The van der Waals surface area contributed by atoms with E-state index >= 15 is 0 Å². The van der Waals surface area contributed by atoms with Crippen LogP contribution < -0.4 is 0 Å². The topological polar surface area (TPSA) is 188 Å². The first-order chi connectivity index (χ1) is 18.4. The zero-order valence-corrected chi connectivity index (χ0v) is 25.6. The number of aliphatic hydroxyl groups excluding tert-OH is 3. The van der Waals surface area contributed by atoms with E-state index in [1.165, 1.54) is 0 Å². The Morgan fingerprint density at radius 2 is 1.50 bits per heavy atom. The summed E-state index contributed by atoms with van der Waals surface area (Å²) < 4.78 is 73.8. The Hall–Kier alpha value is -0.380. The van der Waals surface area contributed by atoms with Crippen molar-refractivity contribution in [3.63, 3.8) is 0 Å². The highest BCUT2D eigenvalue weighted by Crippen LogP contribution is 2.68. The second kappa shape index (κ2) is 11.6. The molecule has 40 heavy (non-hydrogen) atoms. The number of aliphatic hydroxyl groups is 3. The van der Waals surface area contributed by atoms with Crippen LogP contribution in [0, 0.1) is 52.3 Å². The molecule has 5 unspecified atom stereocenters. The SMILES string of the molecule is CC(C)CCC[C@@H](COS(=O)(=O)O)[C@H]1CCC2C3CCC4[C@H](O)[C@H](OS(=O)(=O)O)CC[C@]4(C)C3C(O)[C@@H](O)[C@@]21C. The fourth-order valence-corrected chi connectivity index (χ4v) is 10.7. The van der Waals surface area contributed by atoms with Crippen LogP contribution >= 0.6 is 0 Å². The Morgan fingerprint density at radius 3 is 2.10 bits per heavy atom. The standard InChI is InChI=1S/C27H48O11S2/c1-15(2)6-5-7-16(14-37-39(31,32)33)18-10-11-19-17-8-9-20-23(28)21(38-40(34,35)36)12-13-26(20,3)22(17)24(29)25(30)27(18,19)4/h15-25,28-30H,5-14H2,1-4H3,(H,31,32,33)(H,34,35,36)/t16-,17?,18+,19?,20?,21+,22?,23-,24?,25+,26-,27+/m0/s1. The van der Waals surface area contributed by atoms with Crippen LogP contribution in [0.25, 0.3) is 0 Å². The smallest absolute Gasteiger partial charge is 0.390 e. The Bertz CT molecular complexity index is 1110. The van der Waals surface area contributed by atoms with Gasteiger partial charge in [0.15, 0.2) is 0 Å². The van der Waals surface area contributed by atoms with E-state index in [1.807, 2.05) is 13.8 Å². The van der Waals surface area contributed by atoms with Crippen LogP contribution in [-0.4, -0.2) is 72.3 Å². The van der Waals surface area contributed by atoms with Gasteiger partial charge in [-0.15, -0.1) is 0 Å². The lowest BCUT2D eigenvalue weighted by Crippen LogP contribution is -2.67. The van der Waals surface area contributed by atoms with Crippen LogP contribution in [0.2, 0.25) is 0 Å². The molecule has 0 aromatic rings. The first-order valence-electron chi connectivity index (χ1n) is 14.7. The van der Waals surface area contributed by atoms with Crippen LogP contribution in [0.1, 0.15) is 85.5 Å². The van der Waals surface area contributed by atoms with Crippen LogP contribution in [0.3, 0.4) is 0 Å². The summed E-state index contributed by atoms with van der Waals surface area (Å²) in [6, 6.07) is 0. The Labute approximate surface area is 238 Å². The van der Waals surface area contributed by atoms with Crippen LogP contribution in [0.4, 0.5) is 0 Å². The van der Waals surface area contributed by atoms with Gasteiger partial charge in [0, 0.05) is 5.41 Å². The van der Waals surface area contributed by atoms with Gasteiger partial charge in [-0.05, 0) is 91.8 Å². The molecule has 0 aromatic heterocycles. The molecule has 12 atom stereocenters. The summed E-state index contributed by atoms with van der Waals surface area (Å²) >= 11 is 0. The van der Waals surface area contributed by atoms with Gasteiger partial charge in [0.05, 0.1) is 24.9 Å². The molecule has 0 amide bonds. The maximum atomic E-state index is 11.8. The molecule has 0 aliphatic heterocycles. The second-order valence-corrected chi connectivity index (χ2v) is 16.0. The van der Waals surface area contributed by atoms with Gasteiger partial charge >= 0.3 is 20.8 Å². The molecule has 0 bridgehead atoms. The van der Waals surface area contributed by atoms with Crippen molar-refractivity contribution in [1.29, 1.82) is 0 Å². The summed E-state index contributed by atoms with van der Waals surface area (Å²) in [5.41, 5.74) is -1.27. The Kier molecular flexibility index (Phi) is 9.44. The van der Waals surface area contributed by atoms with E-state index in [1.54, 1.807) is 0 Å². The van der Waals surface area contributed by atoms with Crippen molar-refractivity contribution in [3.8, 4) is 0 Å². The average molecular weight is 613 g/mol. The van der Waals surface area contributed by atoms with E-state index in [0.29, 0.717) is 31.6 Å².